The molecule has 3 aromatic rings. The number of nitrogens with zero attached hydrogens (tertiary/aromatic N) is 5. The van der Waals surface area contributed by atoms with E-state index in [1.54, 1.807) is 36.0 Å². The Kier molecular flexibility index (Phi) is 6.08. The number of aromatic nitrogens is 4. The molecule has 1 atom stereocenters. The number of carbonyl (C=O) groups is 1. The van der Waals surface area contributed by atoms with Gasteiger partial charge in [-0.25, -0.2) is 14.6 Å². The largest absolute Gasteiger partial charge is 0.350 e. The number of rotatable bonds is 8. The molecule has 3 heterocycles. The van der Waals surface area contributed by atoms with Crippen molar-refractivity contribution >= 4 is 17.2 Å². The van der Waals surface area contributed by atoms with Crippen LogP contribution in [0.2, 0.25) is 0 Å². The van der Waals surface area contributed by atoms with Gasteiger partial charge in [-0.2, -0.15) is 16.4 Å². The van der Waals surface area contributed by atoms with Gasteiger partial charge in [0.05, 0.1) is 6.04 Å². The van der Waals surface area contributed by atoms with Crippen LogP contribution < -0.4 is 5.32 Å². The molecule has 1 N–H and O–H groups in total. The summed E-state index contributed by atoms with van der Waals surface area (Å²) >= 11 is 1.67. The first-order chi connectivity index (χ1) is 12.7. The Morgan fingerprint density at radius 2 is 2.19 bits per heavy atom. The van der Waals surface area contributed by atoms with E-state index < -0.39 is 0 Å². The van der Waals surface area contributed by atoms with Crippen molar-refractivity contribution in [2.45, 2.75) is 19.9 Å². The van der Waals surface area contributed by atoms with Crippen LogP contribution in [0.1, 0.15) is 35.8 Å². The van der Waals surface area contributed by atoms with Crippen LogP contribution in [0.5, 0.6) is 0 Å². The number of carbonyl (C=O) groups excluding carboxylic acids is 1. The second-order valence-corrected chi connectivity index (χ2v) is 6.53. The fourth-order valence-electron chi connectivity index (χ4n) is 2.89. The maximum absolute atomic E-state index is 12.6. The second-order valence-electron chi connectivity index (χ2n) is 5.75. The molecule has 136 valence electrons. The molecule has 3 aromatic heterocycles. The van der Waals surface area contributed by atoms with Gasteiger partial charge in [-0.3, -0.25) is 9.69 Å². The molecule has 3 rings (SSSR count). The Labute approximate surface area is 156 Å². The number of hydrogen-bond acceptors (Lipinski definition) is 6. The van der Waals surface area contributed by atoms with E-state index in [0.29, 0.717) is 17.9 Å². The summed E-state index contributed by atoms with van der Waals surface area (Å²) in [5.41, 5.74) is 1.78. The smallest absolute Gasteiger partial charge is 0.251 e. The van der Waals surface area contributed by atoms with Crippen molar-refractivity contribution in [2.75, 3.05) is 19.6 Å². The number of hydrogen-bond donors (Lipinski definition) is 1. The van der Waals surface area contributed by atoms with Crippen LogP contribution in [-0.4, -0.2) is 50.2 Å². The summed E-state index contributed by atoms with van der Waals surface area (Å²) in [5, 5.41) is 11.3. The average molecular weight is 370 g/mol. The minimum absolute atomic E-state index is 0.124. The zero-order valence-electron chi connectivity index (χ0n) is 14.9. The van der Waals surface area contributed by atoms with Crippen molar-refractivity contribution in [3.63, 3.8) is 0 Å². The molecule has 0 aliphatic rings. The number of likely N-dealkylation sites (N-methyl/N-ethyl adjacent to an activating group) is 1. The molecule has 0 bridgehead atoms. The van der Waals surface area contributed by atoms with Gasteiger partial charge in [0, 0.05) is 18.3 Å². The van der Waals surface area contributed by atoms with Crippen molar-refractivity contribution in [3.05, 3.63) is 58.9 Å². The molecule has 0 saturated carbocycles. The van der Waals surface area contributed by atoms with E-state index in [4.69, 9.17) is 0 Å². The van der Waals surface area contributed by atoms with Gasteiger partial charge in [-0.1, -0.05) is 13.8 Å². The van der Waals surface area contributed by atoms with Gasteiger partial charge in [-0.05, 0) is 47.6 Å². The van der Waals surface area contributed by atoms with Crippen molar-refractivity contribution in [1.29, 1.82) is 0 Å². The van der Waals surface area contributed by atoms with E-state index >= 15 is 0 Å². The van der Waals surface area contributed by atoms with Gasteiger partial charge in [0.15, 0.2) is 5.82 Å². The highest BCUT2D eigenvalue weighted by Crippen LogP contribution is 2.22. The summed E-state index contributed by atoms with van der Waals surface area (Å²) in [5.74, 6) is 0.439. The van der Waals surface area contributed by atoms with Crippen LogP contribution in [0.4, 0.5) is 0 Å². The molecule has 0 unspecified atom stereocenters. The molecule has 0 aromatic carbocycles. The van der Waals surface area contributed by atoms with Gasteiger partial charge >= 0.3 is 0 Å². The molecule has 0 saturated heterocycles. The molecular formula is C18H22N6OS. The Morgan fingerprint density at radius 1 is 1.35 bits per heavy atom. The van der Waals surface area contributed by atoms with Crippen LogP contribution in [0.25, 0.3) is 5.82 Å². The summed E-state index contributed by atoms with van der Waals surface area (Å²) < 4.78 is 1.53. The maximum Gasteiger partial charge on any atom is 0.251 e. The van der Waals surface area contributed by atoms with Gasteiger partial charge in [0.1, 0.15) is 12.7 Å². The van der Waals surface area contributed by atoms with Crippen molar-refractivity contribution in [1.82, 2.24) is 30.0 Å². The Bertz CT molecular complexity index is 814. The van der Waals surface area contributed by atoms with Crippen LogP contribution in [-0.2, 0) is 0 Å². The van der Waals surface area contributed by atoms with Crippen LogP contribution >= 0.6 is 11.3 Å². The van der Waals surface area contributed by atoms with Gasteiger partial charge < -0.3 is 5.32 Å². The van der Waals surface area contributed by atoms with Crippen molar-refractivity contribution < 1.29 is 4.79 Å². The summed E-state index contributed by atoms with van der Waals surface area (Å²) in [6.07, 6.45) is 4.59. The SMILES string of the molecule is CCN(CC)[C@@H](CNC(=O)c1ccnc(-n2cncn2)c1)c1ccsc1. The zero-order valence-corrected chi connectivity index (χ0v) is 15.7. The summed E-state index contributed by atoms with van der Waals surface area (Å²) in [6, 6.07) is 5.69. The zero-order chi connectivity index (χ0) is 18.4. The molecule has 1 amide bonds. The number of amides is 1. The molecule has 0 aliphatic carbocycles. The Balaban J connectivity index is 1.72. The lowest BCUT2D eigenvalue weighted by atomic mass is 10.1. The summed E-state index contributed by atoms with van der Waals surface area (Å²) in [4.78, 5) is 23.1. The van der Waals surface area contributed by atoms with Crippen molar-refractivity contribution in [3.8, 4) is 5.82 Å². The first-order valence-electron chi connectivity index (χ1n) is 8.58. The Morgan fingerprint density at radius 3 is 2.85 bits per heavy atom. The Hall–Kier alpha value is -2.58. The number of thiophene rings is 1. The van der Waals surface area contributed by atoms with E-state index in [2.05, 4.69) is 56.0 Å². The molecule has 7 nitrogen and oxygen atoms in total. The van der Waals surface area contributed by atoms with E-state index in [0.717, 1.165) is 13.1 Å². The molecule has 0 radical (unpaired) electrons. The van der Waals surface area contributed by atoms with Gasteiger partial charge in [-0.15, -0.1) is 0 Å². The molecule has 8 heteroatoms. The highest BCUT2D eigenvalue weighted by molar-refractivity contribution is 7.07. The quantitative estimate of drug-likeness (QED) is 0.659. The molecule has 0 aliphatic heterocycles. The number of pyridine rings is 1. The third-order valence-corrected chi connectivity index (χ3v) is 5.00. The van der Waals surface area contributed by atoms with E-state index in [1.807, 2.05) is 0 Å². The molecule has 26 heavy (non-hydrogen) atoms. The van der Waals surface area contributed by atoms with Crippen LogP contribution in [0.3, 0.4) is 0 Å². The van der Waals surface area contributed by atoms with Crippen LogP contribution in [0, 0.1) is 0 Å². The topological polar surface area (TPSA) is 75.9 Å². The third-order valence-electron chi connectivity index (χ3n) is 4.30. The predicted octanol–water partition coefficient (Wildman–Crippen LogP) is 2.54. The lowest BCUT2D eigenvalue weighted by Crippen LogP contribution is -2.38. The molecule has 0 spiro atoms. The van der Waals surface area contributed by atoms with E-state index in [1.165, 1.54) is 16.6 Å². The lowest BCUT2D eigenvalue weighted by Gasteiger charge is -2.29. The lowest BCUT2D eigenvalue weighted by molar-refractivity contribution is 0.0935. The van der Waals surface area contributed by atoms with Gasteiger partial charge in [0.2, 0.25) is 0 Å². The standard InChI is InChI=1S/C18H22N6OS/c1-3-23(4-2)16(15-6-8-26-11-15)10-21-18(25)14-5-7-20-17(9-14)24-13-19-12-22-24/h5-9,11-13,16H,3-4,10H2,1-2H3,(H,21,25)/t16-/m0/s1. The maximum atomic E-state index is 12.6. The fourth-order valence-corrected chi connectivity index (χ4v) is 3.60. The average Bonchev–Trinajstić information content (AvgIpc) is 3.39. The summed E-state index contributed by atoms with van der Waals surface area (Å²) in [7, 11) is 0. The first kappa shape index (κ1) is 18.2. The fraction of sp³-hybridized carbons (Fsp3) is 0.333. The van der Waals surface area contributed by atoms with E-state index in [-0.39, 0.29) is 11.9 Å². The predicted molar refractivity (Wildman–Crippen MR) is 101 cm³/mol. The van der Waals surface area contributed by atoms with Gasteiger partial charge in [0.25, 0.3) is 5.91 Å². The van der Waals surface area contributed by atoms with Crippen LogP contribution in [0.15, 0.2) is 47.8 Å². The minimum Gasteiger partial charge on any atom is -0.350 e. The normalized spacial score (nSPS) is 12.3. The third kappa shape index (κ3) is 4.14. The first-order valence-corrected chi connectivity index (χ1v) is 9.52. The monoisotopic (exact) mass is 370 g/mol. The highest BCUT2D eigenvalue weighted by Gasteiger charge is 2.19. The summed E-state index contributed by atoms with van der Waals surface area (Å²) in [6.45, 7) is 6.69. The van der Waals surface area contributed by atoms with Crippen molar-refractivity contribution in [2.24, 2.45) is 0 Å². The molecular weight excluding hydrogens is 348 g/mol. The highest BCUT2D eigenvalue weighted by atomic mass is 32.1. The van der Waals surface area contributed by atoms with E-state index in [9.17, 15) is 4.79 Å². The number of nitrogens with one attached hydrogen (secondary N) is 1. The second kappa shape index (κ2) is 8.68. The minimum atomic E-state index is -0.124. The molecule has 0 fully saturated rings.